The van der Waals surface area contributed by atoms with Gasteiger partial charge >= 0.3 is 17.9 Å². The molecule has 4 amide bonds. The van der Waals surface area contributed by atoms with Gasteiger partial charge in [-0.05, 0) is 83.1 Å². The van der Waals surface area contributed by atoms with Crippen LogP contribution >= 0.6 is 34.2 Å². The molecule has 4 rings (SSSR count). The highest BCUT2D eigenvalue weighted by molar-refractivity contribution is 14.1. The number of anilines is 1. The first kappa shape index (κ1) is 29.8. The molecule has 0 aromatic heterocycles. The van der Waals surface area contributed by atoms with Crippen LogP contribution in [-0.2, 0) is 15.8 Å². The maximum atomic E-state index is 13.3. The van der Waals surface area contributed by atoms with Gasteiger partial charge in [0.2, 0.25) is 5.75 Å². The van der Waals surface area contributed by atoms with E-state index in [1.54, 1.807) is 35.6 Å². The van der Waals surface area contributed by atoms with Gasteiger partial charge in [-0.3, -0.25) is 25.0 Å². The second-order valence-electron chi connectivity index (χ2n) is 8.42. The zero-order valence-electron chi connectivity index (χ0n) is 20.8. The van der Waals surface area contributed by atoms with E-state index < -0.39 is 51.5 Å². The van der Waals surface area contributed by atoms with E-state index in [2.05, 4.69) is 5.32 Å². The van der Waals surface area contributed by atoms with E-state index in [4.69, 9.17) is 21.1 Å². The van der Waals surface area contributed by atoms with Crippen molar-refractivity contribution < 1.29 is 42.0 Å². The zero-order chi connectivity index (χ0) is 30.2. The van der Waals surface area contributed by atoms with Crippen molar-refractivity contribution >= 4 is 69.5 Å². The van der Waals surface area contributed by atoms with Crippen LogP contribution < -0.4 is 19.7 Å². The fourth-order valence-corrected chi connectivity index (χ4v) is 4.74. The Kier molecular flexibility index (Phi) is 8.26. The average Bonchev–Trinajstić information content (AvgIpc) is 2.89. The summed E-state index contributed by atoms with van der Waals surface area (Å²) in [5.74, 6) is -2.42. The molecule has 1 saturated heterocycles. The molecule has 3 aromatic rings. The number of carbonyl (C=O) groups excluding carboxylic acids is 3. The highest BCUT2D eigenvalue weighted by Crippen LogP contribution is 2.42. The van der Waals surface area contributed by atoms with Crippen molar-refractivity contribution in [3.63, 3.8) is 0 Å². The number of halogens is 5. The molecule has 0 spiro atoms. The van der Waals surface area contributed by atoms with Crippen LogP contribution in [0.5, 0.6) is 17.2 Å². The molecule has 0 atom stereocenters. The van der Waals surface area contributed by atoms with Crippen LogP contribution in [0.2, 0.25) is 5.02 Å². The van der Waals surface area contributed by atoms with Gasteiger partial charge in [0.15, 0.2) is 11.5 Å². The number of urea groups is 1. The van der Waals surface area contributed by atoms with Crippen LogP contribution in [0.15, 0.2) is 54.1 Å². The van der Waals surface area contributed by atoms with Gasteiger partial charge in [0.05, 0.1) is 26.9 Å². The minimum Gasteiger partial charge on any atom is -0.493 e. The highest BCUT2D eigenvalue weighted by atomic mass is 127. The van der Waals surface area contributed by atoms with Crippen LogP contribution in [0.1, 0.15) is 16.7 Å². The number of nitro benzene ring substituents is 1. The summed E-state index contributed by atoms with van der Waals surface area (Å²) in [6, 6.07) is 8.24. The highest BCUT2D eigenvalue weighted by Gasteiger charge is 2.38. The standard InChI is InChI=1S/C26H16ClF3IN3O7/c1-12-16(27)4-3-5-18(12)33-24(36)15(23(35)32-25(33)37)8-13-9-17(31)22(21(10-13)40-2)41-20-7-6-14(26(28,29)30)11-19(20)34(38)39/h3-11H,1-2H3,(H,32,35,37)/b15-8+. The molecule has 3 aromatic carbocycles. The van der Waals surface area contributed by atoms with Crippen molar-refractivity contribution in [3.8, 4) is 17.2 Å². The molecule has 0 unspecified atom stereocenters. The van der Waals surface area contributed by atoms with Gasteiger partial charge in [0.25, 0.3) is 11.8 Å². The van der Waals surface area contributed by atoms with Crippen LogP contribution in [-0.4, -0.2) is 29.9 Å². The lowest BCUT2D eigenvalue weighted by molar-refractivity contribution is -0.385. The number of nitrogens with zero attached hydrogens (tertiary/aromatic N) is 2. The Morgan fingerprint density at radius 2 is 1.80 bits per heavy atom. The van der Waals surface area contributed by atoms with Gasteiger partial charge in [0.1, 0.15) is 5.57 Å². The van der Waals surface area contributed by atoms with Crippen LogP contribution in [0.4, 0.5) is 29.3 Å². The average molecular weight is 702 g/mol. The third-order valence-corrected chi connectivity index (χ3v) is 7.05. The molecule has 41 heavy (non-hydrogen) atoms. The predicted molar refractivity (Wildman–Crippen MR) is 149 cm³/mol. The summed E-state index contributed by atoms with van der Waals surface area (Å²) < 4.78 is 50.4. The largest absolute Gasteiger partial charge is 0.493 e. The molecule has 212 valence electrons. The number of nitro groups is 1. The number of hydrogen-bond donors (Lipinski definition) is 1. The molecular formula is C26H16ClF3IN3O7. The summed E-state index contributed by atoms with van der Waals surface area (Å²) in [6.45, 7) is 1.60. The van der Waals surface area contributed by atoms with Gasteiger partial charge in [-0.25, -0.2) is 9.69 Å². The SMILES string of the molecule is COc1cc(/C=C2\C(=O)NC(=O)N(c3cccc(Cl)c3C)C2=O)cc(I)c1Oc1ccc(C(F)(F)F)cc1[N+](=O)[O-]. The Morgan fingerprint density at radius 1 is 1.10 bits per heavy atom. The minimum atomic E-state index is -4.81. The fraction of sp³-hybridized carbons (Fsp3) is 0.115. The number of barbiturate groups is 1. The summed E-state index contributed by atoms with van der Waals surface area (Å²) in [5, 5.41) is 13.9. The van der Waals surface area contributed by atoms with E-state index in [-0.39, 0.29) is 26.3 Å². The lowest BCUT2D eigenvalue weighted by Gasteiger charge is -2.27. The molecule has 1 aliphatic rings. The molecule has 0 saturated carbocycles. The molecule has 0 aliphatic carbocycles. The Labute approximate surface area is 248 Å². The van der Waals surface area contributed by atoms with Crippen molar-refractivity contribution in [1.29, 1.82) is 0 Å². The Hall–Kier alpha value is -4.18. The van der Waals surface area contributed by atoms with E-state index in [1.165, 1.54) is 37.5 Å². The molecule has 1 heterocycles. The number of carbonyl (C=O) groups is 3. The number of alkyl halides is 3. The number of imide groups is 2. The summed E-state index contributed by atoms with van der Waals surface area (Å²) in [7, 11) is 1.25. The van der Waals surface area contributed by atoms with Crippen molar-refractivity contribution in [2.24, 2.45) is 0 Å². The fourth-order valence-electron chi connectivity index (χ4n) is 3.84. The summed E-state index contributed by atoms with van der Waals surface area (Å²) in [4.78, 5) is 49.7. The maximum Gasteiger partial charge on any atom is 0.416 e. The monoisotopic (exact) mass is 701 g/mol. The quantitative estimate of drug-likeness (QED) is 0.100. The first-order chi connectivity index (χ1) is 19.2. The lowest BCUT2D eigenvalue weighted by atomic mass is 10.1. The van der Waals surface area contributed by atoms with Crippen LogP contribution in [0.25, 0.3) is 6.08 Å². The Balaban J connectivity index is 1.73. The van der Waals surface area contributed by atoms with Gasteiger partial charge in [-0.15, -0.1) is 0 Å². The molecule has 0 bridgehead atoms. The molecule has 10 nitrogen and oxygen atoms in total. The molecular weight excluding hydrogens is 686 g/mol. The zero-order valence-corrected chi connectivity index (χ0v) is 23.8. The van der Waals surface area contributed by atoms with Crippen molar-refractivity contribution in [2.45, 2.75) is 13.1 Å². The molecule has 15 heteroatoms. The molecule has 1 N–H and O–H groups in total. The Morgan fingerprint density at radius 3 is 2.44 bits per heavy atom. The van der Waals surface area contributed by atoms with E-state index in [0.717, 1.165) is 11.0 Å². The number of methoxy groups -OCH3 is 1. The summed E-state index contributed by atoms with van der Waals surface area (Å²) >= 11 is 7.93. The molecule has 1 aliphatic heterocycles. The number of hydrogen-bond acceptors (Lipinski definition) is 7. The summed E-state index contributed by atoms with van der Waals surface area (Å²) in [6.07, 6.45) is -3.61. The van der Waals surface area contributed by atoms with Crippen molar-refractivity contribution in [3.05, 3.63) is 89.5 Å². The normalized spacial score (nSPS) is 14.8. The second kappa shape index (κ2) is 11.4. The third kappa shape index (κ3) is 5.97. The van der Waals surface area contributed by atoms with Gasteiger partial charge in [-0.1, -0.05) is 17.7 Å². The number of ether oxygens (including phenoxy) is 2. The maximum absolute atomic E-state index is 13.3. The third-order valence-electron chi connectivity index (χ3n) is 5.84. The minimum absolute atomic E-state index is 0.0137. The first-order valence-corrected chi connectivity index (χ1v) is 12.8. The van der Waals surface area contributed by atoms with Gasteiger partial charge < -0.3 is 9.47 Å². The van der Waals surface area contributed by atoms with E-state index in [9.17, 15) is 37.7 Å². The lowest BCUT2D eigenvalue weighted by Crippen LogP contribution is -2.54. The van der Waals surface area contributed by atoms with Crippen LogP contribution in [0, 0.1) is 20.6 Å². The summed E-state index contributed by atoms with van der Waals surface area (Å²) in [5.41, 5.74) is -1.69. The Bertz CT molecular complexity index is 1660. The van der Waals surface area contributed by atoms with Gasteiger partial charge in [-0.2, -0.15) is 13.2 Å². The smallest absolute Gasteiger partial charge is 0.416 e. The number of amides is 4. The van der Waals surface area contributed by atoms with Crippen molar-refractivity contribution in [1.82, 2.24) is 5.32 Å². The molecule has 0 radical (unpaired) electrons. The number of nitrogens with one attached hydrogen (secondary N) is 1. The number of rotatable bonds is 6. The van der Waals surface area contributed by atoms with E-state index >= 15 is 0 Å². The van der Waals surface area contributed by atoms with Crippen molar-refractivity contribution in [2.75, 3.05) is 12.0 Å². The molecule has 1 fully saturated rings. The predicted octanol–water partition coefficient (Wildman–Crippen LogP) is 6.65. The topological polar surface area (TPSA) is 128 Å². The van der Waals surface area contributed by atoms with E-state index in [0.29, 0.717) is 22.7 Å². The second-order valence-corrected chi connectivity index (χ2v) is 9.98. The first-order valence-electron chi connectivity index (χ1n) is 11.3. The van der Waals surface area contributed by atoms with Gasteiger partial charge in [0, 0.05) is 11.1 Å². The number of benzene rings is 3. The van der Waals surface area contributed by atoms with E-state index in [1.807, 2.05) is 0 Å². The van der Waals surface area contributed by atoms with Crippen LogP contribution in [0.3, 0.4) is 0 Å².